The summed E-state index contributed by atoms with van der Waals surface area (Å²) in [7, 11) is 0. The molecule has 0 saturated heterocycles. The van der Waals surface area contributed by atoms with Gasteiger partial charge < -0.3 is 9.88 Å². The zero-order valence-electron chi connectivity index (χ0n) is 19.0. The summed E-state index contributed by atoms with van der Waals surface area (Å²) in [5.74, 6) is 0.931. The molecule has 2 aromatic carbocycles. The lowest BCUT2D eigenvalue weighted by Crippen LogP contribution is -2.28. The molecule has 0 aliphatic rings. The molecule has 0 bridgehead atoms. The van der Waals surface area contributed by atoms with Crippen molar-refractivity contribution < 1.29 is 4.79 Å². The van der Waals surface area contributed by atoms with E-state index in [1.807, 2.05) is 42.5 Å². The first-order valence-corrected chi connectivity index (χ1v) is 11.1. The van der Waals surface area contributed by atoms with Crippen LogP contribution >= 0.6 is 0 Å². The van der Waals surface area contributed by atoms with E-state index in [1.54, 1.807) is 6.20 Å². The maximum atomic E-state index is 12.6. The molecule has 0 spiro atoms. The normalized spacial score (nSPS) is 11.6. The number of pyridine rings is 1. The molecule has 5 nitrogen and oxygen atoms in total. The quantitative estimate of drug-likeness (QED) is 0.455. The number of aromatic nitrogens is 3. The molecule has 5 heteroatoms. The first kappa shape index (κ1) is 21.8. The van der Waals surface area contributed by atoms with Crippen molar-refractivity contribution in [2.24, 2.45) is 0 Å². The summed E-state index contributed by atoms with van der Waals surface area (Å²) in [6.07, 6.45) is 3.52. The highest BCUT2D eigenvalue weighted by atomic mass is 16.1. The highest BCUT2D eigenvalue weighted by molar-refractivity contribution is 5.94. The summed E-state index contributed by atoms with van der Waals surface area (Å²) in [4.78, 5) is 22.0. The van der Waals surface area contributed by atoms with E-state index < -0.39 is 0 Å². The molecule has 0 aliphatic heterocycles. The summed E-state index contributed by atoms with van der Waals surface area (Å²) < 4.78 is 2.13. The standard InChI is InChI=1S/C27H30N4O/c1-27(2,3)22-14-12-21(13-15-22)26(32)29-18-19-31-24(16-11-20-8-5-4-6-9-20)30-23-10-7-17-28-25(23)31/h4-10,12-15,17H,11,16,18-19H2,1-3H3,(H,29,32). The van der Waals surface area contributed by atoms with Crippen LogP contribution < -0.4 is 5.32 Å². The lowest BCUT2D eigenvalue weighted by molar-refractivity contribution is 0.0952. The lowest BCUT2D eigenvalue weighted by Gasteiger charge is -2.19. The molecule has 2 heterocycles. The van der Waals surface area contributed by atoms with Crippen LogP contribution in [0.4, 0.5) is 0 Å². The Morgan fingerprint density at radius 3 is 2.41 bits per heavy atom. The van der Waals surface area contributed by atoms with Gasteiger partial charge in [-0.1, -0.05) is 63.2 Å². The Kier molecular flexibility index (Phi) is 6.35. The molecule has 0 fully saturated rings. The number of nitrogens with one attached hydrogen (secondary N) is 1. The van der Waals surface area contributed by atoms with Crippen LogP contribution in [0.5, 0.6) is 0 Å². The Morgan fingerprint density at radius 1 is 0.938 bits per heavy atom. The fourth-order valence-electron chi connectivity index (χ4n) is 3.84. The van der Waals surface area contributed by atoms with E-state index in [0.29, 0.717) is 18.7 Å². The molecule has 4 rings (SSSR count). The molecule has 4 aromatic rings. The maximum Gasteiger partial charge on any atom is 0.251 e. The zero-order chi connectivity index (χ0) is 22.6. The van der Waals surface area contributed by atoms with Gasteiger partial charge in [0.1, 0.15) is 11.3 Å². The van der Waals surface area contributed by atoms with E-state index >= 15 is 0 Å². The van der Waals surface area contributed by atoms with E-state index in [-0.39, 0.29) is 11.3 Å². The van der Waals surface area contributed by atoms with E-state index in [9.17, 15) is 4.79 Å². The van der Waals surface area contributed by atoms with Gasteiger partial charge in [-0.3, -0.25) is 4.79 Å². The summed E-state index contributed by atoms with van der Waals surface area (Å²) in [5, 5.41) is 3.05. The number of aryl methyl sites for hydroxylation is 2. The van der Waals surface area contributed by atoms with Crippen LogP contribution in [-0.4, -0.2) is 27.0 Å². The smallest absolute Gasteiger partial charge is 0.251 e. The van der Waals surface area contributed by atoms with Crippen molar-refractivity contribution in [2.75, 3.05) is 6.54 Å². The van der Waals surface area contributed by atoms with E-state index in [4.69, 9.17) is 4.98 Å². The maximum absolute atomic E-state index is 12.6. The molecule has 0 unspecified atom stereocenters. The van der Waals surface area contributed by atoms with Crippen molar-refractivity contribution in [3.63, 3.8) is 0 Å². The van der Waals surface area contributed by atoms with Crippen molar-refractivity contribution in [1.82, 2.24) is 19.9 Å². The third kappa shape index (κ3) is 5.05. The Labute approximate surface area is 189 Å². The van der Waals surface area contributed by atoms with Gasteiger partial charge in [-0.2, -0.15) is 0 Å². The summed E-state index contributed by atoms with van der Waals surface area (Å²) in [6, 6.07) is 22.2. The van der Waals surface area contributed by atoms with Gasteiger partial charge in [-0.05, 0) is 47.2 Å². The number of hydrogen-bond donors (Lipinski definition) is 1. The topological polar surface area (TPSA) is 59.8 Å². The molecule has 164 valence electrons. The molecule has 0 atom stereocenters. The number of carbonyl (C=O) groups excluding carboxylic acids is 1. The van der Waals surface area contributed by atoms with Gasteiger partial charge in [0.25, 0.3) is 5.91 Å². The molecular formula is C27H30N4O. The first-order chi connectivity index (χ1) is 15.4. The van der Waals surface area contributed by atoms with Crippen LogP contribution in [-0.2, 0) is 24.8 Å². The van der Waals surface area contributed by atoms with Gasteiger partial charge in [-0.25, -0.2) is 9.97 Å². The van der Waals surface area contributed by atoms with Crippen molar-refractivity contribution in [1.29, 1.82) is 0 Å². The van der Waals surface area contributed by atoms with E-state index in [2.05, 4.69) is 59.9 Å². The van der Waals surface area contributed by atoms with E-state index in [0.717, 1.165) is 29.8 Å². The Bertz CT molecular complexity index is 1190. The van der Waals surface area contributed by atoms with Crippen LogP contribution in [0.2, 0.25) is 0 Å². The predicted molar refractivity (Wildman–Crippen MR) is 129 cm³/mol. The summed E-state index contributed by atoms with van der Waals surface area (Å²) in [6.45, 7) is 7.65. The zero-order valence-corrected chi connectivity index (χ0v) is 19.0. The largest absolute Gasteiger partial charge is 0.350 e. The van der Waals surface area contributed by atoms with Gasteiger partial charge >= 0.3 is 0 Å². The molecule has 2 aromatic heterocycles. The molecule has 0 saturated carbocycles. The van der Waals surface area contributed by atoms with Gasteiger partial charge in [0, 0.05) is 31.3 Å². The van der Waals surface area contributed by atoms with Gasteiger partial charge in [0.2, 0.25) is 0 Å². The van der Waals surface area contributed by atoms with Crippen molar-refractivity contribution in [3.8, 4) is 0 Å². The average molecular weight is 427 g/mol. The fraction of sp³-hybridized carbons (Fsp3) is 0.296. The Balaban J connectivity index is 1.43. The third-order valence-electron chi connectivity index (χ3n) is 5.70. The number of rotatable bonds is 7. The number of hydrogen-bond acceptors (Lipinski definition) is 3. The number of nitrogens with zero attached hydrogens (tertiary/aromatic N) is 3. The lowest BCUT2D eigenvalue weighted by atomic mass is 9.87. The predicted octanol–water partition coefficient (Wildman–Crippen LogP) is 4.94. The minimum absolute atomic E-state index is 0.0614. The second kappa shape index (κ2) is 9.35. The summed E-state index contributed by atoms with van der Waals surface area (Å²) in [5.41, 5.74) is 5.00. The Hall–Kier alpha value is -3.47. The molecular weight excluding hydrogens is 396 g/mol. The molecule has 0 aliphatic carbocycles. The van der Waals surface area contributed by atoms with E-state index in [1.165, 1.54) is 11.1 Å². The van der Waals surface area contributed by atoms with Gasteiger partial charge in [-0.15, -0.1) is 0 Å². The molecule has 1 N–H and O–H groups in total. The van der Waals surface area contributed by atoms with Crippen molar-refractivity contribution in [3.05, 3.63) is 95.4 Å². The van der Waals surface area contributed by atoms with Gasteiger partial charge in [0.15, 0.2) is 5.65 Å². The van der Waals surface area contributed by atoms with Crippen LogP contribution in [0.15, 0.2) is 72.9 Å². The number of fused-ring (bicyclic) bond motifs is 1. The van der Waals surface area contributed by atoms with Crippen LogP contribution in [0.1, 0.15) is 48.1 Å². The van der Waals surface area contributed by atoms with Crippen molar-refractivity contribution >= 4 is 17.1 Å². The second-order valence-electron chi connectivity index (χ2n) is 9.09. The highest BCUT2D eigenvalue weighted by Gasteiger charge is 2.15. The van der Waals surface area contributed by atoms with Gasteiger partial charge in [0.05, 0.1) is 0 Å². The molecule has 0 radical (unpaired) electrons. The first-order valence-electron chi connectivity index (χ1n) is 11.1. The highest BCUT2D eigenvalue weighted by Crippen LogP contribution is 2.22. The van der Waals surface area contributed by atoms with Crippen LogP contribution in [0.3, 0.4) is 0 Å². The number of imidazole rings is 1. The number of carbonyl (C=O) groups is 1. The second-order valence-corrected chi connectivity index (χ2v) is 9.09. The molecule has 32 heavy (non-hydrogen) atoms. The van der Waals surface area contributed by atoms with Crippen LogP contribution in [0, 0.1) is 0 Å². The summed E-state index contributed by atoms with van der Waals surface area (Å²) >= 11 is 0. The Morgan fingerprint density at radius 2 is 1.69 bits per heavy atom. The number of amides is 1. The SMILES string of the molecule is CC(C)(C)c1ccc(C(=O)NCCn2c(CCc3ccccc3)nc3cccnc32)cc1. The third-order valence-corrected chi connectivity index (χ3v) is 5.70. The minimum Gasteiger partial charge on any atom is -0.350 e. The average Bonchev–Trinajstić information content (AvgIpc) is 3.15. The minimum atomic E-state index is -0.0614. The fourth-order valence-corrected chi connectivity index (χ4v) is 3.84. The van der Waals surface area contributed by atoms with Crippen molar-refractivity contribution in [2.45, 2.75) is 45.6 Å². The number of benzene rings is 2. The monoisotopic (exact) mass is 426 g/mol. The molecule has 1 amide bonds. The van der Waals surface area contributed by atoms with Crippen LogP contribution in [0.25, 0.3) is 11.2 Å².